The van der Waals surface area contributed by atoms with Gasteiger partial charge >= 0.3 is 0 Å². The summed E-state index contributed by atoms with van der Waals surface area (Å²) in [6.07, 6.45) is 3.98. The van der Waals surface area contributed by atoms with E-state index in [1.165, 1.54) is 4.90 Å². The fraction of sp³-hybridized carbons (Fsp3) is 0.500. The van der Waals surface area contributed by atoms with E-state index in [0.717, 1.165) is 31.2 Å². The minimum absolute atomic E-state index is 0.0417. The van der Waals surface area contributed by atoms with Crippen molar-refractivity contribution in [2.45, 2.75) is 57.5 Å². The zero-order chi connectivity index (χ0) is 23.6. The van der Waals surface area contributed by atoms with Gasteiger partial charge in [0.2, 0.25) is 17.7 Å². The van der Waals surface area contributed by atoms with Crippen molar-refractivity contribution in [3.05, 3.63) is 47.7 Å². The van der Waals surface area contributed by atoms with Gasteiger partial charge in [0.25, 0.3) is 0 Å². The van der Waals surface area contributed by atoms with Crippen LogP contribution in [0.5, 0.6) is 0 Å². The van der Waals surface area contributed by atoms with Crippen molar-refractivity contribution in [2.75, 3.05) is 25.6 Å². The average molecular weight is 457 g/mol. The van der Waals surface area contributed by atoms with Crippen LogP contribution in [-0.4, -0.2) is 54.1 Å². The van der Waals surface area contributed by atoms with Crippen LogP contribution < -0.4 is 10.6 Å². The van der Waals surface area contributed by atoms with E-state index in [4.69, 9.17) is 9.26 Å². The lowest BCUT2D eigenvalue weighted by Crippen LogP contribution is -2.47. The number of hydrogen-bond donors (Lipinski definition) is 2. The summed E-state index contributed by atoms with van der Waals surface area (Å²) in [5.41, 5.74) is 0.722. The van der Waals surface area contributed by atoms with Gasteiger partial charge in [-0.3, -0.25) is 14.4 Å². The van der Waals surface area contributed by atoms with E-state index in [1.54, 1.807) is 20.1 Å². The molecule has 2 aromatic rings. The van der Waals surface area contributed by atoms with Crippen molar-refractivity contribution in [3.8, 4) is 0 Å². The van der Waals surface area contributed by atoms with Crippen molar-refractivity contribution in [1.29, 1.82) is 0 Å². The number of methoxy groups -OCH3 is 1. The second-order valence-electron chi connectivity index (χ2n) is 8.25. The monoisotopic (exact) mass is 456 g/mol. The van der Waals surface area contributed by atoms with Crippen LogP contribution >= 0.6 is 0 Å². The fourth-order valence-corrected chi connectivity index (χ4v) is 4.04. The molecule has 1 fully saturated rings. The minimum Gasteiger partial charge on any atom is -0.383 e. The highest BCUT2D eigenvalue weighted by Crippen LogP contribution is 2.25. The summed E-state index contributed by atoms with van der Waals surface area (Å²) < 4.78 is 10.1. The summed E-state index contributed by atoms with van der Waals surface area (Å²) in [7, 11) is 1.55. The Balaban J connectivity index is 1.72. The third kappa shape index (κ3) is 7.15. The average Bonchev–Trinajstić information content (AvgIpc) is 3.47. The van der Waals surface area contributed by atoms with Gasteiger partial charge in [0, 0.05) is 38.6 Å². The van der Waals surface area contributed by atoms with Crippen molar-refractivity contribution >= 4 is 23.5 Å². The molecule has 3 rings (SSSR count). The quantitative estimate of drug-likeness (QED) is 0.537. The van der Waals surface area contributed by atoms with Crippen LogP contribution in [0.4, 0.5) is 5.82 Å². The zero-order valence-corrected chi connectivity index (χ0v) is 19.2. The van der Waals surface area contributed by atoms with E-state index in [0.29, 0.717) is 11.6 Å². The molecule has 33 heavy (non-hydrogen) atoms. The van der Waals surface area contributed by atoms with Gasteiger partial charge < -0.3 is 24.8 Å². The number of benzene rings is 1. The van der Waals surface area contributed by atoms with Crippen LogP contribution in [0, 0.1) is 6.92 Å². The van der Waals surface area contributed by atoms with Crippen LogP contribution in [0.15, 0.2) is 40.9 Å². The highest BCUT2D eigenvalue weighted by atomic mass is 16.5. The Morgan fingerprint density at radius 1 is 1.18 bits per heavy atom. The molecular formula is C24H32N4O5. The molecule has 1 heterocycles. The van der Waals surface area contributed by atoms with Gasteiger partial charge in [-0.15, -0.1) is 0 Å². The number of ether oxygens (including phenoxy) is 1. The summed E-state index contributed by atoms with van der Waals surface area (Å²) in [6, 6.07) is 10.2. The summed E-state index contributed by atoms with van der Waals surface area (Å²) >= 11 is 0. The van der Waals surface area contributed by atoms with E-state index >= 15 is 0 Å². The normalized spacial score (nSPS) is 14.6. The van der Waals surface area contributed by atoms with E-state index in [2.05, 4.69) is 15.8 Å². The Morgan fingerprint density at radius 2 is 1.91 bits per heavy atom. The largest absolute Gasteiger partial charge is 0.383 e. The van der Waals surface area contributed by atoms with Crippen LogP contribution in [0.1, 0.15) is 55.9 Å². The number of nitrogens with zero attached hydrogens (tertiary/aromatic N) is 2. The first-order valence-electron chi connectivity index (χ1n) is 11.3. The molecule has 0 aliphatic heterocycles. The molecule has 178 valence electrons. The third-order valence-electron chi connectivity index (χ3n) is 5.69. The van der Waals surface area contributed by atoms with Crippen molar-refractivity contribution in [2.24, 2.45) is 0 Å². The van der Waals surface area contributed by atoms with Crippen LogP contribution in [0.3, 0.4) is 0 Å². The molecule has 0 bridgehead atoms. The minimum atomic E-state index is -0.796. The zero-order valence-electron chi connectivity index (χ0n) is 19.2. The summed E-state index contributed by atoms with van der Waals surface area (Å²) in [5, 5.41) is 9.46. The topological polar surface area (TPSA) is 114 Å². The Hall–Kier alpha value is -3.20. The van der Waals surface area contributed by atoms with Gasteiger partial charge in [0.15, 0.2) is 5.82 Å². The van der Waals surface area contributed by atoms with E-state index in [1.807, 2.05) is 30.3 Å². The van der Waals surface area contributed by atoms with E-state index in [9.17, 15) is 14.4 Å². The Labute approximate surface area is 193 Å². The highest BCUT2D eigenvalue weighted by Gasteiger charge is 2.32. The summed E-state index contributed by atoms with van der Waals surface area (Å²) in [5.74, 6) is 0.0226. The van der Waals surface area contributed by atoms with E-state index < -0.39 is 6.04 Å². The number of aryl methyl sites for hydroxylation is 1. The number of nitrogens with one attached hydrogen (secondary N) is 2. The molecule has 2 N–H and O–H groups in total. The van der Waals surface area contributed by atoms with Gasteiger partial charge in [-0.25, -0.2) is 0 Å². The lowest BCUT2D eigenvalue weighted by molar-refractivity contribution is -0.142. The molecule has 0 spiro atoms. The molecule has 1 atom stereocenters. The third-order valence-corrected chi connectivity index (χ3v) is 5.69. The molecule has 0 radical (unpaired) electrons. The molecule has 0 saturated heterocycles. The lowest BCUT2D eigenvalue weighted by Gasteiger charge is -2.32. The van der Waals surface area contributed by atoms with Crippen LogP contribution in [0.2, 0.25) is 0 Å². The van der Waals surface area contributed by atoms with Gasteiger partial charge in [-0.2, -0.15) is 0 Å². The molecule has 1 aromatic heterocycles. The molecule has 1 unspecified atom stereocenters. The van der Waals surface area contributed by atoms with Crippen LogP contribution in [-0.2, 0) is 19.1 Å². The number of carbonyl (C=O) groups is 3. The number of hydrogen-bond acceptors (Lipinski definition) is 6. The van der Waals surface area contributed by atoms with Crippen molar-refractivity contribution in [3.63, 3.8) is 0 Å². The first-order valence-corrected chi connectivity index (χ1v) is 11.3. The van der Waals surface area contributed by atoms with Crippen LogP contribution in [0.25, 0.3) is 0 Å². The SMILES string of the molecule is COCCN(C(=O)CCC(=O)Nc1cc(C)on1)C(C(=O)NC1CCCC1)c1ccccc1. The molecule has 9 nitrogen and oxygen atoms in total. The first kappa shape index (κ1) is 24.4. The van der Waals surface area contributed by atoms with Gasteiger partial charge in [-0.05, 0) is 25.3 Å². The smallest absolute Gasteiger partial charge is 0.247 e. The highest BCUT2D eigenvalue weighted by molar-refractivity contribution is 5.94. The molecule has 1 aromatic carbocycles. The Kier molecular flexibility index (Phi) is 9.00. The first-order chi connectivity index (χ1) is 16.0. The fourth-order valence-electron chi connectivity index (χ4n) is 4.04. The Bertz CT molecular complexity index is 924. The van der Waals surface area contributed by atoms with Crippen molar-refractivity contribution in [1.82, 2.24) is 15.4 Å². The predicted molar refractivity (Wildman–Crippen MR) is 122 cm³/mol. The predicted octanol–water partition coefficient (Wildman–Crippen LogP) is 2.98. The van der Waals surface area contributed by atoms with Gasteiger partial charge in [0.1, 0.15) is 11.8 Å². The summed E-state index contributed by atoms with van der Waals surface area (Å²) in [6.45, 7) is 2.23. The lowest BCUT2D eigenvalue weighted by atomic mass is 10.0. The molecule has 1 aliphatic carbocycles. The second kappa shape index (κ2) is 12.2. The second-order valence-corrected chi connectivity index (χ2v) is 8.25. The number of rotatable bonds is 11. The van der Waals surface area contributed by atoms with Crippen molar-refractivity contribution < 1.29 is 23.6 Å². The molecule has 1 saturated carbocycles. The molecule has 9 heteroatoms. The molecule has 3 amide bonds. The maximum absolute atomic E-state index is 13.3. The number of amides is 3. The van der Waals surface area contributed by atoms with Gasteiger partial charge in [-0.1, -0.05) is 48.3 Å². The standard InChI is InChI=1S/C24H32N4O5/c1-17-16-20(27-33-17)26-21(29)12-13-22(30)28(14-15-32-2)23(18-8-4-3-5-9-18)24(31)25-19-10-6-7-11-19/h3-5,8-9,16,19,23H,6-7,10-15H2,1-2H3,(H,25,31)(H,26,27,29). The number of anilines is 1. The number of aromatic nitrogens is 1. The summed E-state index contributed by atoms with van der Waals surface area (Å²) in [4.78, 5) is 40.4. The maximum Gasteiger partial charge on any atom is 0.247 e. The maximum atomic E-state index is 13.3. The molecule has 1 aliphatic rings. The van der Waals surface area contributed by atoms with E-state index in [-0.39, 0.29) is 49.8 Å². The molecular weight excluding hydrogens is 424 g/mol. The van der Waals surface area contributed by atoms with Gasteiger partial charge in [0.05, 0.1) is 6.61 Å². The Morgan fingerprint density at radius 3 is 2.55 bits per heavy atom. The number of carbonyl (C=O) groups excluding carboxylic acids is 3.